The minimum Gasteiger partial charge on any atom is -0.490 e. The number of carbonyl (C=O) groups is 1. The van der Waals surface area contributed by atoms with Crippen LogP contribution >= 0.6 is 0 Å². The van der Waals surface area contributed by atoms with Crippen LogP contribution in [0.3, 0.4) is 0 Å². The van der Waals surface area contributed by atoms with Gasteiger partial charge in [-0.2, -0.15) is 5.26 Å². The van der Waals surface area contributed by atoms with Crippen LogP contribution in [0.15, 0.2) is 49.1 Å². The lowest BCUT2D eigenvalue weighted by molar-refractivity contribution is 0.0761. The summed E-state index contributed by atoms with van der Waals surface area (Å²) in [6, 6.07) is 12.6. The highest BCUT2D eigenvalue weighted by molar-refractivity contribution is 5.95. The van der Waals surface area contributed by atoms with Crippen LogP contribution in [-0.2, 0) is 6.54 Å². The smallest absolute Gasteiger partial charge is 0.254 e. The van der Waals surface area contributed by atoms with E-state index in [-0.39, 0.29) is 5.91 Å². The summed E-state index contributed by atoms with van der Waals surface area (Å²) in [4.78, 5) is 15.0. The third kappa shape index (κ3) is 5.77. The predicted octanol–water partition coefficient (Wildman–Crippen LogP) is 4.58. The molecular formula is C24H28N2O4. The average Bonchev–Trinajstić information content (AvgIpc) is 2.76. The zero-order chi connectivity index (χ0) is 21.9. The molecule has 0 aliphatic rings. The summed E-state index contributed by atoms with van der Waals surface area (Å²) in [5.41, 5.74) is 1.95. The van der Waals surface area contributed by atoms with E-state index in [1.54, 1.807) is 35.2 Å². The first-order chi connectivity index (χ1) is 14.6. The molecule has 0 spiro atoms. The molecule has 0 unspecified atom stereocenters. The van der Waals surface area contributed by atoms with Gasteiger partial charge in [0.2, 0.25) is 5.75 Å². The molecule has 158 valence electrons. The number of benzene rings is 2. The number of carbonyl (C=O) groups excluding carboxylic acids is 1. The molecule has 0 radical (unpaired) electrons. The fourth-order valence-corrected chi connectivity index (χ4v) is 2.97. The van der Waals surface area contributed by atoms with E-state index in [0.29, 0.717) is 61.3 Å². The van der Waals surface area contributed by atoms with Gasteiger partial charge in [-0.05, 0) is 50.6 Å². The second-order valence-electron chi connectivity index (χ2n) is 6.38. The van der Waals surface area contributed by atoms with Gasteiger partial charge < -0.3 is 19.1 Å². The van der Waals surface area contributed by atoms with E-state index >= 15 is 0 Å². The van der Waals surface area contributed by atoms with E-state index in [4.69, 9.17) is 19.5 Å². The fraction of sp³-hybridized carbons (Fsp3) is 0.333. The first-order valence-corrected chi connectivity index (χ1v) is 10.0. The molecule has 0 aromatic heterocycles. The van der Waals surface area contributed by atoms with Crippen molar-refractivity contribution in [3.8, 4) is 23.3 Å². The van der Waals surface area contributed by atoms with Gasteiger partial charge in [0.1, 0.15) is 0 Å². The Morgan fingerprint density at radius 3 is 2.07 bits per heavy atom. The number of hydrogen-bond donors (Lipinski definition) is 0. The molecule has 6 nitrogen and oxygen atoms in total. The van der Waals surface area contributed by atoms with Crippen LogP contribution in [0.2, 0.25) is 0 Å². The van der Waals surface area contributed by atoms with Crippen molar-refractivity contribution in [2.45, 2.75) is 27.3 Å². The Bertz CT molecular complexity index is 873. The Balaban J connectivity index is 2.40. The SMILES string of the molecule is C=CCN(Cc1ccc(C#N)cc1)C(=O)c1cc(OCC)c(OCC)c(OCC)c1. The van der Waals surface area contributed by atoms with Gasteiger partial charge >= 0.3 is 0 Å². The third-order valence-corrected chi connectivity index (χ3v) is 4.25. The molecule has 0 atom stereocenters. The highest BCUT2D eigenvalue weighted by Crippen LogP contribution is 2.39. The van der Waals surface area contributed by atoms with Gasteiger partial charge in [0.15, 0.2) is 11.5 Å². The second kappa shape index (κ2) is 11.5. The van der Waals surface area contributed by atoms with Crippen LogP contribution in [0.5, 0.6) is 17.2 Å². The van der Waals surface area contributed by atoms with E-state index < -0.39 is 0 Å². The molecular weight excluding hydrogens is 380 g/mol. The summed E-state index contributed by atoms with van der Waals surface area (Å²) in [7, 11) is 0. The quantitative estimate of drug-likeness (QED) is 0.509. The van der Waals surface area contributed by atoms with Gasteiger partial charge in [0.05, 0.1) is 31.5 Å². The molecule has 6 heteroatoms. The van der Waals surface area contributed by atoms with Gasteiger partial charge in [0.25, 0.3) is 5.91 Å². The summed E-state index contributed by atoms with van der Waals surface area (Å²) in [5, 5.41) is 8.97. The van der Waals surface area contributed by atoms with E-state index in [2.05, 4.69) is 12.6 Å². The highest BCUT2D eigenvalue weighted by Gasteiger charge is 2.21. The maximum Gasteiger partial charge on any atom is 0.254 e. The Kier molecular flexibility index (Phi) is 8.76. The Morgan fingerprint density at radius 1 is 1.03 bits per heavy atom. The molecule has 2 rings (SSSR count). The van der Waals surface area contributed by atoms with E-state index in [9.17, 15) is 4.79 Å². The third-order valence-electron chi connectivity index (χ3n) is 4.25. The van der Waals surface area contributed by atoms with Gasteiger partial charge in [-0.15, -0.1) is 6.58 Å². The second-order valence-corrected chi connectivity index (χ2v) is 6.38. The number of nitrogens with zero attached hydrogens (tertiary/aromatic N) is 2. The van der Waals surface area contributed by atoms with Crippen molar-refractivity contribution in [1.29, 1.82) is 5.26 Å². The summed E-state index contributed by atoms with van der Waals surface area (Å²) in [5.74, 6) is 1.28. The topological polar surface area (TPSA) is 71.8 Å². The molecule has 0 saturated carbocycles. The predicted molar refractivity (Wildman–Crippen MR) is 116 cm³/mol. The molecule has 0 aliphatic heterocycles. The lowest BCUT2D eigenvalue weighted by Crippen LogP contribution is -2.30. The van der Waals surface area contributed by atoms with Crippen molar-refractivity contribution < 1.29 is 19.0 Å². The van der Waals surface area contributed by atoms with Crippen LogP contribution in [0.4, 0.5) is 0 Å². The molecule has 0 heterocycles. The zero-order valence-electron chi connectivity index (χ0n) is 17.8. The first-order valence-electron chi connectivity index (χ1n) is 10.0. The van der Waals surface area contributed by atoms with E-state index in [1.165, 1.54) is 0 Å². The number of ether oxygens (including phenoxy) is 3. The monoisotopic (exact) mass is 408 g/mol. The average molecular weight is 408 g/mol. The fourth-order valence-electron chi connectivity index (χ4n) is 2.97. The maximum absolute atomic E-state index is 13.3. The van der Waals surface area contributed by atoms with Crippen molar-refractivity contribution in [3.63, 3.8) is 0 Å². The Morgan fingerprint density at radius 2 is 1.60 bits per heavy atom. The van der Waals surface area contributed by atoms with Crippen molar-refractivity contribution in [2.75, 3.05) is 26.4 Å². The highest BCUT2D eigenvalue weighted by atomic mass is 16.5. The lowest BCUT2D eigenvalue weighted by Gasteiger charge is -2.23. The number of rotatable bonds is 11. The summed E-state index contributed by atoms with van der Waals surface area (Å²) in [6.45, 7) is 11.5. The molecule has 0 fully saturated rings. The number of hydrogen-bond acceptors (Lipinski definition) is 5. The zero-order valence-corrected chi connectivity index (χ0v) is 17.8. The Hall–Kier alpha value is -3.46. The first kappa shape index (κ1) is 22.8. The van der Waals surface area contributed by atoms with Crippen LogP contribution in [0, 0.1) is 11.3 Å². The maximum atomic E-state index is 13.3. The van der Waals surface area contributed by atoms with Gasteiger partial charge in [0, 0.05) is 18.7 Å². The molecule has 0 saturated heterocycles. The van der Waals surface area contributed by atoms with Crippen molar-refractivity contribution in [2.24, 2.45) is 0 Å². The molecule has 0 aliphatic carbocycles. The van der Waals surface area contributed by atoms with Crippen molar-refractivity contribution in [3.05, 3.63) is 65.7 Å². The number of amides is 1. The van der Waals surface area contributed by atoms with Gasteiger partial charge in [-0.3, -0.25) is 4.79 Å². The number of nitriles is 1. The van der Waals surface area contributed by atoms with E-state index in [0.717, 1.165) is 5.56 Å². The molecule has 2 aromatic carbocycles. The van der Waals surface area contributed by atoms with Crippen LogP contribution < -0.4 is 14.2 Å². The minimum atomic E-state index is -0.177. The molecule has 2 aromatic rings. The standard InChI is InChI=1S/C24H28N2O4/c1-5-13-26(17-19-11-9-18(16-25)10-12-19)24(27)20-14-21(28-6-2)23(30-8-4)22(15-20)29-7-3/h5,9-12,14-15H,1,6-8,13,17H2,2-4H3. The van der Waals surface area contributed by atoms with Crippen molar-refractivity contribution in [1.82, 2.24) is 4.90 Å². The van der Waals surface area contributed by atoms with Gasteiger partial charge in [-0.1, -0.05) is 18.2 Å². The van der Waals surface area contributed by atoms with Crippen LogP contribution in [0.1, 0.15) is 42.3 Å². The van der Waals surface area contributed by atoms with E-state index in [1.807, 2.05) is 32.9 Å². The lowest BCUT2D eigenvalue weighted by atomic mass is 10.1. The molecule has 1 amide bonds. The van der Waals surface area contributed by atoms with Crippen LogP contribution in [0.25, 0.3) is 0 Å². The summed E-state index contributed by atoms with van der Waals surface area (Å²) < 4.78 is 17.2. The van der Waals surface area contributed by atoms with Gasteiger partial charge in [-0.25, -0.2) is 0 Å². The summed E-state index contributed by atoms with van der Waals surface area (Å²) >= 11 is 0. The largest absolute Gasteiger partial charge is 0.490 e. The Labute approximate surface area is 178 Å². The summed E-state index contributed by atoms with van der Waals surface area (Å²) in [6.07, 6.45) is 1.68. The molecule has 30 heavy (non-hydrogen) atoms. The minimum absolute atomic E-state index is 0.177. The molecule has 0 N–H and O–H groups in total. The normalized spacial score (nSPS) is 10.1. The van der Waals surface area contributed by atoms with Crippen LogP contribution in [-0.4, -0.2) is 37.2 Å². The van der Waals surface area contributed by atoms with Crippen molar-refractivity contribution >= 4 is 5.91 Å². The molecule has 0 bridgehead atoms.